The van der Waals surface area contributed by atoms with Gasteiger partial charge in [-0.1, -0.05) is 30.3 Å². The Bertz CT molecular complexity index is 689. The first kappa shape index (κ1) is 11.2. The van der Waals surface area contributed by atoms with Crippen molar-refractivity contribution in [1.29, 1.82) is 0 Å². The minimum Gasteiger partial charge on any atom is -0.236 e. The van der Waals surface area contributed by atoms with Crippen LogP contribution < -0.4 is 0 Å². The van der Waals surface area contributed by atoms with E-state index in [1.165, 1.54) is 0 Å². The highest BCUT2D eigenvalue weighted by atomic mass is 35.5. The number of benzene rings is 1. The second-order valence-electron chi connectivity index (χ2n) is 4.23. The number of halogens is 1. The van der Waals surface area contributed by atoms with Gasteiger partial charge in [-0.25, -0.2) is 9.50 Å². The molecular formula is C14H12ClN3. The lowest BCUT2D eigenvalue weighted by molar-refractivity contribution is 0.931. The van der Waals surface area contributed by atoms with Crippen LogP contribution in [0.5, 0.6) is 0 Å². The van der Waals surface area contributed by atoms with Crippen LogP contribution in [0.15, 0.2) is 42.7 Å². The van der Waals surface area contributed by atoms with Crippen LogP contribution in [0.3, 0.4) is 0 Å². The fourth-order valence-corrected chi connectivity index (χ4v) is 2.27. The molecule has 3 nitrogen and oxygen atoms in total. The number of alkyl halides is 1. The Morgan fingerprint density at radius 3 is 2.72 bits per heavy atom. The third-order valence-corrected chi connectivity index (χ3v) is 3.15. The van der Waals surface area contributed by atoms with Crippen molar-refractivity contribution in [3.8, 4) is 11.3 Å². The molecule has 1 aromatic carbocycles. The molecule has 0 aliphatic rings. The second-order valence-corrected chi connectivity index (χ2v) is 4.49. The molecule has 0 N–H and O–H groups in total. The van der Waals surface area contributed by atoms with E-state index in [1.807, 2.05) is 49.6 Å². The molecule has 0 fully saturated rings. The van der Waals surface area contributed by atoms with Crippen LogP contribution >= 0.6 is 11.6 Å². The highest BCUT2D eigenvalue weighted by molar-refractivity contribution is 6.18. The average Bonchev–Trinajstić information content (AvgIpc) is 2.77. The van der Waals surface area contributed by atoms with Crippen LogP contribution in [0.2, 0.25) is 0 Å². The third kappa shape index (κ3) is 1.77. The fourth-order valence-electron chi connectivity index (χ4n) is 2.03. The van der Waals surface area contributed by atoms with Gasteiger partial charge in [0.1, 0.15) is 0 Å². The molecule has 0 saturated carbocycles. The van der Waals surface area contributed by atoms with E-state index in [2.05, 4.69) is 10.1 Å². The summed E-state index contributed by atoms with van der Waals surface area (Å²) in [6.07, 6.45) is 3.80. The van der Waals surface area contributed by atoms with Crippen LogP contribution in [0, 0.1) is 6.92 Å². The molecule has 2 heterocycles. The predicted molar refractivity (Wildman–Crippen MR) is 72.7 cm³/mol. The van der Waals surface area contributed by atoms with Gasteiger partial charge in [0.25, 0.3) is 0 Å². The van der Waals surface area contributed by atoms with Gasteiger partial charge in [-0.2, -0.15) is 5.10 Å². The van der Waals surface area contributed by atoms with Crippen LogP contribution in [0.1, 0.15) is 11.1 Å². The summed E-state index contributed by atoms with van der Waals surface area (Å²) in [7, 11) is 0. The smallest absolute Gasteiger partial charge is 0.159 e. The first-order valence-electron chi connectivity index (χ1n) is 5.75. The van der Waals surface area contributed by atoms with Crippen molar-refractivity contribution in [3.05, 3.63) is 53.9 Å². The minimum atomic E-state index is 0.407. The Hall–Kier alpha value is -1.87. The van der Waals surface area contributed by atoms with Crippen molar-refractivity contribution < 1.29 is 0 Å². The van der Waals surface area contributed by atoms with E-state index in [0.29, 0.717) is 5.88 Å². The molecule has 2 aromatic heterocycles. The van der Waals surface area contributed by atoms with Gasteiger partial charge < -0.3 is 0 Å². The number of rotatable bonds is 2. The predicted octanol–water partition coefficient (Wildman–Crippen LogP) is 3.44. The molecule has 0 radical (unpaired) electrons. The number of nitrogens with zero attached hydrogens (tertiary/aromatic N) is 3. The van der Waals surface area contributed by atoms with Crippen molar-refractivity contribution in [2.75, 3.05) is 0 Å². The average molecular weight is 258 g/mol. The van der Waals surface area contributed by atoms with Crippen molar-refractivity contribution in [2.24, 2.45) is 0 Å². The molecule has 0 aliphatic heterocycles. The van der Waals surface area contributed by atoms with E-state index in [9.17, 15) is 0 Å². The topological polar surface area (TPSA) is 30.2 Å². The van der Waals surface area contributed by atoms with E-state index in [1.54, 1.807) is 4.52 Å². The lowest BCUT2D eigenvalue weighted by Gasteiger charge is -1.98. The maximum atomic E-state index is 6.05. The molecule has 18 heavy (non-hydrogen) atoms. The van der Waals surface area contributed by atoms with Gasteiger partial charge in [0.05, 0.1) is 11.6 Å². The lowest BCUT2D eigenvalue weighted by Crippen LogP contribution is -1.91. The first-order valence-corrected chi connectivity index (χ1v) is 6.28. The summed E-state index contributed by atoms with van der Waals surface area (Å²) < 4.78 is 1.80. The zero-order valence-electron chi connectivity index (χ0n) is 9.97. The molecule has 0 bridgehead atoms. The van der Waals surface area contributed by atoms with Gasteiger partial charge in [0.15, 0.2) is 5.65 Å². The molecule has 90 valence electrons. The van der Waals surface area contributed by atoms with Gasteiger partial charge in [0.2, 0.25) is 0 Å². The molecule has 0 atom stereocenters. The largest absolute Gasteiger partial charge is 0.236 e. The first-order chi connectivity index (χ1) is 8.79. The number of aryl methyl sites for hydroxylation is 1. The maximum absolute atomic E-state index is 6.05. The Morgan fingerprint density at radius 2 is 2.00 bits per heavy atom. The van der Waals surface area contributed by atoms with Crippen LogP contribution in [-0.2, 0) is 5.88 Å². The number of hydrogen-bond acceptors (Lipinski definition) is 2. The Labute approximate surface area is 110 Å². The quantitative estimate of drug-likeness (QED) is 0.659. The van der Waals surface area contributed by atoms with Crippen LogP contribution in [-0.4, -0.2) is 14.6 Å². The summed E-state index contributed by atoms with van der Waals surface area (Å²) in [6, 6.07) is 10.0. The fraction of sp³-hybridized carbons (Fsp3) is 0.143. The molecule has 4 heteroatoms. The second kappa shape index (κ2) is 4.42. The summed E-state index contributed by atoms with van der Waals surface area (Å²) >= 11 is 6.05. The van der Waals surface area contributed by atoms with Crippen molar-refractivity contribution >= 4 is 17.2 Å². The summed E-state index contributed by atoms with van der Waals surface area (Å²) in [4.78, 5) is 4.41. The zero-order valence-corrected chi connectivity index (χ0v) is 10.7. The van der Waals surface area contributed by atoms with Gasteiger partial charge in [-0.15, -0.1) is 11.6 Å². The maximum Gasteiger partial charge on any atom is 0.159 e. The normalized spacial score (nSPS) is 11.0. The standard InChI is InChI=1S/C14H12ClN3/c1-10-8-16-14-12(7-15)13(17-18(14)9-10)11-5-3-2-4-6-11/h2-6,8-9H,7H2,1H3. The van der Waals surface area contributed by atoms with Crippen LogP contribution in [0.25, 0.3) is 16.9 Å². The summed E-state index contributed by atoms with van der Waals surface area (Å²) in [5, 5.41) is 4.58. The SMILES string of the molecule is Cc1cnc2c(CCl)c(-c3ccccc3)nn2c1. The molecule has 0 unspecified atom stereocenters. The minimum absolute atomic E-state index is 0.407. The van der Waals surface area contributed by atoms with Crippen molar-refractivity contribution in [3.63, 3.8) is 0 Å². The van der Waals surface area contributed by atoms with E-state index in [0.717, 1.165) is 28.0 Å². The molecule has 0 saturated heterocycles. The summed E-state index contributed by atoms with van der Waals surface area (Å²) in [6.45, 7) is 2.00. The highest BCUT2D eigenvalue weighted by Crippen LogP contribution is 2.26. The van der Waals surface area contributed by atoms with Gasteiger partial charge in [0, 0.05) is 23.5 Å². The molecule has 0 aliphatic carbocycles. The zero-order chi connectivity index (χ0) is 12.5. The Morgan fingerprint density at radius 1 is 1.22 bits per heavy atom. The van der Waals surface area contributed by atoms with Crippen molar-refractivity contribution in [2.45, 2.75) is 12.8 Å². The number of aromatic nitrogens is 3. The lowest BCUT2D eigenvalue weighted by atomic mass is 10.1. The molecule has 3 aromatic rings. The number of fused-ring (bicyclic) bond motifs is 1. The van der Waals surface area contributed by atoms with E-state index < -0.39 is 0 Å². The van der Waals surface area contributed by atoms with E-state index in [4.69, 9.17) is 11.6 Å². The molecule has 0 spiro atoms. The third-order valence-electron chi connectivity index (χ3n) is 2.88. The van der Waals surface area contributed by atoms with E-state index in [-0.39, 0.29) is 0 Å². The van der Waals surface area contributed by atoms with Gasteiger partial charge in [-0.3, -0.25) is 0 Å². The summed E-state index contributed by atoms with van der Waals surface area (Å²) in [5.41, 5.74) is 4.85. The monoisotopic (exact) mass is 257 g/mol. The van der Waals surface area contributed by atoms with Crippen LogP contribution in [0.4, 0.5) is 0 Å². The Balaban J connectivity index is 2.29. The number of hydrogen-bond donors (Lipinski definition) is 0. The summed E-state index contributed by atoms with van der Waals surface area (Å²) in [5.74, 6) is 0.407. The van der Waals surface area contributed by atoms with Gasteiger partial charge in [-0.05, 0) is 12.5 Å². The van der Waals surface area contributed by atoms with E-state index >= 15 is 0 Å². The van der Waals surface area contributed by atoms with Crippen molar-refractivity contribution in [1.82, 2.24) is 14.6 Å². The molecule has 0 amide bonds. The van der Waals surface area contributed by atoms with Gasteiger partial charge >= 0.3 is 0 Å². The molecule has 3 rings (SSSR count). The molecular weight excluding hydrogens is 246 g/mol. The highest BCUT2D eigenvalue weighted by Gasteiger charge is 2.14. The Kier molecular flexibility index (Phi) is 2.76.